The van der Waals surface area contributed by atoms with Crippen molar-refractivity contribution in [1.29, 1.82) is 0 Å². The molecule has 9 rings (SSSR count). The average molecular weight is 844 g/mol. The summed E-state index contributed by atoms with van der Waals surface area (Å²) < 4.78 is 7.04. The summed E-state index contributed by atoms with van der Waals surface area (Å²) in [5.41, 5.74) is 5.75. The van der Waals surface area contributed by atoms with Crippen LogP contribution in [0.4, 0.5) is 11.4 Å². The van der Waals surface area contributed by atoms with Crippen LogP contribution in [0.15, 0.2) is 36.4 Å². The first-order valence-electron chi connectivity index (χ1n) is 21.0. The first-order valence-corrected chi connectivity index (χ1v) is 21.8. The zero-order valence-corrected chi connectivity index (χ0v) is 35.2. The van der Waals surface area contributed by atoms with Crippen LogP contribution in [0.2, 0.25) is 10.0 Å². The van der Waals surface area contributed by atoms with Gasteiger partial charge in [-0.15, -0.1) is 0 Å². The third-order valence-corrected chi connectivity index (χ3v) is 15.0. The number of benzene rings is 2. The lowest BCUT2D eigenvalue weighted by atomic mass is 9.80. The minimum atomic E-state index is -0.398. The first-order chi connectivity index (χ1) is 28.4. The second-order valence-electron chi connectivity index (χ2n) is 17.5. The summed E-state index contributed by atoms with van der Waals surface area (Å²) in [5.74, 6) is -0.257. The molecule has 2 aromatic carbocycles. The Morgan fingerprint density at radius 2 is 1.56 bits per heavy atom. The number of hydrogen-bond acceptors (Lipinski definition) is 9. The van der Waals surface area contributed by atoms with Crippen LogP contribution >= 0.6 is 23.2 Å². The minimum absolute atomic E-state index is 0.0428. The Balaban J connectivity index is 0.840. The van der Waals surface area contributed by atoms with Gasteiger partial charge < -0.3 is 30.0 Å². The smallest absolute Gasteiger partial charge is 0.311 e. The number of aromatic nitrogens is 4. The van der Waals surface area contributed by atoms with E-state index in [-0.39, 0.29) is 34.6 Å². The SMILES string of the molecule is COC(=O)C12CCC(CCN3CCc4[nH]c(C(=O)Nc5cccc(-c6cccc(NC(=O)c7nc8c(n7C)CCN(C7CCC(O)CC7)C8)c6Cl)c5Cl)nc4C3)(CC1)C2. The van der Waals surface area contributed by atoms with Gasteiger partial charge in [0.2, 0.25) is 0 Å². The quantitative estimate of drug-likeness (QED) is 0.122. The van der Waals surface area contributed by atoms with E-state index >= 15 is 0 Å². The standard InChI is InChI=1S/C44H52Cl2N8O5/c1-52-35-14-21-54(26-9-11-27(55)12-10-26)24-34(35)49-39(52)41(57)51-32-8-4-6-29(37(32)46)28-5-3-7-31(36(28)45)50-40(56)38-47-30-13-20-53(23-33(30)48-38)22-19-43-15-17-44(25-43,18-16-43)42(58)59-2/h3-8,26-27,55H,9-25H2,1-2H3,(H,47,48)(H,50,56)(H,51,57). The summed E-state index contributed by atoms with van der Waals surface area (Å²) in [6, 6.07) is 11.1. The van der Waals surface area contributed by atoms with E-state index in [0.29, 0.717) is 57.5 Å². The molecule has 0 unspecified atom stereocenters. The Morgan fingerprint density at radius 3 is 2.24 bits per heavy atom. The van der Waals surface area contributed by atoms with Gasteiger partial charge in [-0.3, -0.25) is 24.2 Å². The van der Waals surface area contributed by atoms with Gasteiger partial charge in [-0.1, -0.05) is 47.5 Å². The van der Waals surface area contributed by atoms with E-state index in [1.165, 1.54) is 7.11 Å². The number of ether oxygens (including phenoxy) is 1. The Bertz CT molecular complexity index is 2290. The lowest BCUT2D eigenvalue weighted by Gasteiger charge is -2.37. The number of aromatic amines is 1. The molecule has 3 fully saturated rings. The molecule has 13 nitrogen and oxygen atoms in total. The Labute approximate surface area is 354 Å². The van der Waals surface area contributed by atoms with Gasteiger partial charge in [0.1, 0.15) is 0 Å². The average Bonchev–Trinajstić information content (AvgIpc) is 4.03. The molecule has 2 amide bonds. The molecule has 312 valence electrons. The second-order valence-corrected chi connectivity index (χ2v) is 18.3. The van der Waals surface area contributed by atoms with Crippen molar-refractivity contribution in [3.8, 4) is 11.1 Å². The predicted octanol–water partition coefficient (Wildman–Crippen LogP) is 7.15. The van der Waals surface area contributed by atoms with Crippen LogP contribution < -0.4 is 10.6 Å². The van der Waals surface area contributed by atoms with Crippen LogP contribution in [0, 0.1) is 10.8 Å². The number of carbonyl (C=O) groups is 3. The lowest BCUT2D eigenvalue weighted by Crippen LogP contribution is -2.42. The van der Waals surface area contributed by atoms with Crippen molar-refractivity contribution in [2.75, 3.05) is 37.4 Å². The van der Waals surface area contributed by atoms with Gasteiger partial charge in [-0.05, 0) is 88.3 Å². The maximum Gasteiger partial charge on any atom is 0.311 e. The third-order valence-electron chi connectivity index (χ3n) is 14.1. The fraction of sp³-hybridized carbons (Fsp3) is 0.523. The van der Waals surface area contributed by atoms with Gasteiger partial charge in [0.05, 0.1) is 51.4 Å². The van der Waals surface area contributed by atoms with Gasteiger partial charge >= 0.3 is 5.97 Å². The fourth-order valence-electron chi connectivity index (χ4n) is 10.7. The number of nitrogens with zero attached hydrogens (tertiary/aromatic N) is 5. The van der Waals surface area contributed by atoms with E-state index in [4.69, 9.17) is 37.9 Å². The van der Waals surface area contributed by atoms with Crippen molar-refractivity contribution in [3.63, 3.8) is 0 Å². The van der Waals surface area contributed by atoms with Crippen LogP contribution in [0.25, 0.3) is 11.1 Å². The summed E-state index contributed by atoms with van der Waals surface area (Å²) >= 11 is 13.9. The van der Waals surface area contributed by atoms with Gasteiger partial charge in [0.25, 0.3) is 11.8 Å². The van der Waals surface area contributed by atoms with Gasteiger partial charge in [0.15, 0.2) is 11.6 Å². The van der Waals surface area contributed by atoms with E-state index < -0.39 is 5.91 Å². The third kappa shape index (κ3) is 7.58. The number of esters is 1. The molecule has 4 aromatic rings. The molecular formula is C44H52Cl2N8O5. The number of imidazole rings is 2. The molecule has 0 radical (unpaired) electrons. The van der Waals surface area contributed by atoms with Gasteiger partial charge in [-0.25, -0.2) is 9.97 Å². The van der Waals surface area contributed by atoms with E-state index in [9.17, 15) is 19.5 Å². The van der Waals surface area contributed by atoms with Crippen LogP contribution in [-0.2, 0) is 42.5 Å². The molecule has 2 aromatic heterocycles. The number of halogens is 2. The minimum Gasteiger partial charge on any atom is -0.469 e. The van der Waals surface area contributed by atoms with Crippen molar-refractivity contribution in [2.45, 2.75) is 102 Å². The Kier molecular flexibility index (Phi) is 10.9. The number of methoxy groups -OCH3 is 1. The number of nitrogens with one attached hydrogen (secondary N) is 3. The molecule has 2 bridgehead atoms. The number of H-pyrrole nitrogens is 1. The maximum absolute atomic E-state index is 13.7. The number of carbonyl (C=O) groups excluding carboxylic acids is 3. The summed E-state index contributed by atoms with van der Waals surface area (Å²) in [6.07, 6.45) is 10.9. The summed E-state index contributed by atoms with van der Waals surface area (Å²) in [4.78, 5) is 57.4. The molecule has 59 heavy (non-hydrogen) atoms. The predicted molar refractivity (Wildman–Crippen MR) is 226 cm³/mol. The Morgan fingerprint density at radius 1 is 0.881 bits per heavy atom. The topological polar surface area (TPSA) is 158 Å². The summed E-state index contributed by atoms with van der Waals surface area (Å²) in [7, 11) is 3.38. The van der Waals surface area contributed by atoms with Crippen LogP contribution in [0.3, 0.4) is 0 Å². The number of fused-ring (bicyclic) bond motifs is 4. The molecule has 5 aliphatic rings. The largest absolute Gasteiger partial charge is 0.469 e. The number of anilines is 2. The van der Waals surface area contributed by atoms with Crippen molar-refractivity contribution < 1.29 is 24.2 Å². The van der Waals surface area contributed by atoms with Crippen LogP contribution in [0.5, 0.6) is 0 Å². The first kappa shape index (κ1) is 40.2. The number of hydrogen-bond donors (Lipinski definition) is 4. The van der Waals surface area contributed by atoms with Crippen LogP contribution in [0.1, 0.15) is 108 Å². The van der Waals surface area contributed by atoms with Crippen LogP contribution in [-0.4, -0.2) is 91.1 Å². The number of amides is 2. The van der Waals surface area contributed by atoms with Gasteiger partial charge in [-0.2, -0.15) is 0 Å². The van der Waals surface area contributed by atoms with Gasteiger partial charge in [0, 0.05) is 74.6 Å². The second kappa shape index (κ2) is 16.0. The molecule has 0 atom stereocenters. The normalized spacial score (nSPS) is 25.4. The highest BCUT2D eigenvalue weighted by atomic mass is 35.5. The monoisotopic (exact) mass is 842 g/mol. The van der Waals surface area contributed by atoms with Crippen molar-refractivity contribution in [2.24, 2.45) is 17.9 Å². The summed E-state index contributed by atoms with van der Waals surface area (Å²) in [6.45, 7) is 4.04. The molecule has 3 aliphatic carbocycles. The van der Waals surface area contributed by atoms with Crippen molar-refractivity contribution >= 4 is 52.4 Å². The maximum atomic E-state index is 13.7. The highest BCUT2D eigenvalue weighted by Gasteiger charge is 2.58. The number of aliphatic hydroxyl groups excluding tert-OH is 1. The number of aliphatic hydroxyl groups is 1. The number of rotatable bonds is 10. The molecule has 4 heterocycles. The summed E-state index contributed by atoms with van der Waals surface area (Å²) in [5, 5.41) is 16.5. The highest BCUT2D eigenvalue weighted by Crippen LogP contribution is 2.63. The zero-order valence-electron chi connectivity index (χ0n) is 33.7. The molecule has 15 heteroatoms. The van der Waals surface area contributed by atoms with Crippen molar-refractivity contribution in [3.05, 3.63) is 80.9 Å². The zero-order chi connectivity index (χ0) is 41.1. The molecule has 4 N–H and O–H groups in total. The molecule has 0 saturated heterocycles. The van der Waals surface area contributed by atoms with E-state index in [1.807, 2.05) is 23.7 Å². The Hall–Kier alpha value is -4.27. The van der Waals surface area contributed by atoms with E-state index in [2.05, 4.69) is 25.4 Å². The lowest BCUT2D eigenvalue weighted by molar-refractivity contribution is -0.152. The fourth-order valence-corrected chi connectivity index (χ4v) is 11.3. The highest BCUT2D eigenvalue weighted by molar-refractivity contribution is 6.40. The molecule has 0 spiro atoms. The van der Waals surface area contributed by atoms with E-state index in [1.54, 1.807) is 24.3 Å². The molecule has 2 aliphatic heterocycles. The molecule has 3 saturated carbocycles. The van der Waals surface area contributed by atoms with Crippen molar-refractivity contribution in [1.82, 2.24) is 29.3 Å². The molecular weight excluding hydrogens is 791 g/mol. The van der Waals surface area contributed by atoms with E-state index in [0.717, 1.165) is 119 Å².